The molecule has 144 valence electrons. The highest BCUT2D eigenvalue weighted by Crippen LogP contribution is 2.34. The molecule has 2 atom stereocenters. The predicted octanol–water partition coefficient (Wildman–Crippen LogP) is 4.34. The number of nitrogens with one attached hydrogen (secondary N) is 1. The van der Waals surface area contributed by atoms with Crippen molar-refractivity contribution in [2.45, 2.75) is 38.3 Å². The lowest BCUT2D eigenvalue weighted by atomic mass is 10.0. The molecule has 2 unspecified atom stereocenters. The van der Waals surface area contributed by atoms with Gasteiger partial charge in [-0.2, -0.15) is 0 Å². The Morgan fingerprint density at radius 1 is 1.11 bits per heavy atom. The lowest BCUT2D eigenvalue weighted by Gasteiger charge is -2.20. The summed E-state index contributed by atoms with van der Waals surface area (Å²) in [6.45, 7) is 2.27. The molecule has 0 fully saturated rings. The van der Waals surface area contributed by atoms with Crippen molar-refractivity contribution in [2.24, 2.45) is 5.73 Å². The van der Waals surface area contributed by atoms with Gasteiger partial charge in [0.2, 0.25) is 0 Å². The molecular weight excluding hydrogens is 362 g/mol. The zero-order valence-electron chi connectivity index (χ0n) is 15.7. The minimum Gasteiger partial charge on any atom is -0.497 e. The zero-order chi connectivity index (χ0) is 19.4. The number of pyridine rings is 1. The number of anilines is 1. The Kier molecular flexibility index (Phi) is 6.37. The lowest BCUT2D eigenvalue weighted by molar-refractivity contribution is 0.271. The Morgan fingerprint density at radius 3 is 2.67 bits per heavy atom. The molecule has 0 bridgehead atoms. The van der Waals surface area contributed by atoms with Gasteiger partial charge < -0.3 is 20.9 Å². The van der Waals surface area contributed by atoms with Gasteiger partial charge >= 0.3 is 0 Å². The summed E-state index contributed by atoms with van der Waals surface area (Å²) in [5.74, 6) is 0.790. The van der Waals surface area contributed by atoms with Crippen LogP contribution in [-0.2, 0) is 0 Å². The maximum atomic E-state index is 9.02. The summed E-state index contributed by atoms with van der Waals surface area (Å²) in [5.41, 5.74) is 8.79. The maximum Gasteiger partial charge on any atom is 0.119 e. The largest absolute Gasteiger partial charge is 0.497 e. The highest BCUT2D eigenvalue weighted by molar-refractivity contribution is 6.31. The number of aliphatic hydroxyl groups excluding tert-OH is 1. The molecule has 0 aliphatic rings. The highest BCUT2D eigenvalue weighted by atomic mass is 35.5. The summed E-state index contributed by atoms with van der Waals surface area (Å²) in [5, 5.41) is 15.4. The average Bonchev–Trinajstić information content (AvgIpc) is 2.66. The molecule has 6 heteroatoms. The van der Waals surface area contributed by atoms with Crippen molar-refractivity contribution in [3.63, 3.8) is 0 Å². The van der Waals surface area contributed by atoms with E-state index in [1.54, 1.807) is 7.11 Å². The highest BCUT2D eigenvalue weighted by Gasteiger charge is 2.14. The topological polar surface area (TPSA) is 80.4 Å². The summed E-state index contributed by atoms with van der Waals surface area (Å²) in [4.78, 5) is 4.75. The number of rotatable bonds is 8. The van der Waals surface area contributed by atoms with Crippen LogP contribution in [0.25, 0.3) is 21.8 Å². The van der Waals surface area contributed by atoms with E-state index in [-0.39, 0.29) is 18.7 Å². The van der Waals surface area contributed by atoms with Crippen LogP contribution in [0, 0.1) is 0 Å². The van der Waals surface area contributed by atoms with Crippen LogP contribution in [0.2, 0.25) is 5.02 Å². The number of fused-ring (bicyclic) bond motifs is 2. The fourth-order valence-corrected chi connectivity index (χ4v) is 3.44. The molecule has 1 aromatic heterocycles. The first-order valence-electron chi connectivity index (χ1n) is 9.21. The van der Waals surface area contributed by atoms with E-state index in [0.29, 0.717) is 11.4 Å². The Bertz CT molecular complexity index is 932. The van der Waals surface area contributed by atoms with Crippen LogP contribution in [0.3, 0.4) is 0 Å². The van der Waals surface area contributed by atoms with E-state index in [1.807, 2.05) is 36.4 Å². The number of hydrogen-bond donors (Lipinski definition) is 3. The molecule has 27 heavy (non-hydrogen) atoms. The number of aromatic nitrogens is 1. The maximum absolute atomic E-state index is 9.02. The predicted molar refractivity (Wildman–Crippen MR) is 113 cm³/mol. The number of benzene rings is 2. The van der Waals surface area contributed by atoms with E-state index in [0.717, 1.165) is 46.1 Å². The van der Waals surface area contributed by atoms with Gasteiger partial charge in [0.25, 0.3) is 0 Å². The Morgan fingerprint density at radius 2 is 1.93 bits per heavy atom. The summed E-state index contributed by atoms with van der Waals surface area (Å²) in [6, 6.07) is 11.9. The molecule has 0 spiro atoms. The summed E-state index contributed by atoms with van der Waals surface area (Å²) in [7, 11) is 1.66. The second-order valence-electron chi connectivity index (χ2n) is 6.93. The molecule has 3 rings (SSSR count). The standard InChI is InChI=1S/C21H26ClN3O2/c1-13(3-5-15(23)9-10-26)24-21-17-7-4-14(22)11-20(17)25-19-8-6-16(27-2)12-18(19)21/h4,6-8,11-13,15,26H,3,5,9-10,23H2,1-2H3,(H,24,25). The molecule has 0 amide bonds. The number of nitrogens with two attached hydrogens (primary N) is 1. The number of nitrogens with zero attached hydrogens (tertiary/aromatic N) is 1. The van der Waals surface area contributed by atoms with Crippen LogP contribution in [0.1, 0.15) is 26.2 Å². The van der Waals surface area contributed by atoms with Crippen LogP contribution in [0.5, 0.6) is 5.75 Å². The Balaban J connectivity index is 1.99. The first-order valence-corrected chi connectivity index (χ1v) is 9.59. The first kappa shape index (κ1) is 19.7. The molecule has 1 heterocycles. The van der Waals surface area contributed by atoms with Gasteiger partial charge in [0.05, 0.1) is 23.8 Å². The van der Waals surface area contributed by atoms with E-state index < -0.39 is 0 Å². The van der Waals surface area contributed by atoms with Crippen molar-refractivity contribution in [3.8, 4) is 5.75 Å². The number of halogens is 1. The fourth-order valence-electron chi connectivity index (χ4n) is 3.27. The molecule has 0 saturated carbocycles. The van der Waals surface area contributed by atoms with Crippen molar-refractivity contribution in [3.05, 3.63) is 41.4 Å². The SMILES string of the molecule is COc1ccc2nc3cc(Cl)ccc3c(NC(C)CCC(N)CCO)c2c1. The van der Waals surface area contributed by atoms with Gasteiger partial charge in [0.1, 0.15) is 5.75 Å². The molecule has 3 aromatic rings. The summed E-state index contributed by atoms with van der Waals surface area (Å²) in [6.07, 6.45) is 2.39. The van der Waals surface area contributed by atoms with Crippen LogP contribution >= 0.6 is 11.6 Å². The lowest BCUT2D eigenvalue weighted by Crippen LogP contribution is -2.25. The van der Waals surface area contributed by atoms with Crippen LogP contribution < -0.4 is 15.8 Å². The second-order valence-corrected chi connectivity index (χ2v) is 7.36. The third-order valence-electron chi connectivity index (χ3n) is 4.80. The molecule has 2 aromatic carbocycles. The Hall–Kier alpha value is -2.08. The molecule has 4 N–H and O–H groups in total. The van der Waals surface area contributed by atoms with Gasteiger partial charge in [-0.1, -0.05) is 11.6 Å². The Labute approximate surface area is 164 Å². The van der Waals surface area contributed by atoms with Gasteiger partial charge in [0, 0.05) is 34.5 Å². The third kappa shape index (κ3) is 4.61. The van der Waals surface area contributed by atoms with E-state index in [2.05, 4.69) is 12.2 Å². The average molecular weight is 388 g/mol. The van der Waals surface area contributed by atoms with Crippen molar-refractivity contribution in [2.75, 3.05) is 19.0 Å². The van der Waals surface area contributed by atoms with Gasteiger partial charge in [-0.15, -0.1) is 0 Å². The zero-order valence-corrected chi connectivity index (χ0v) is 16.5. The van der Waals surface area contributed by atoms with Crippen LogP contribution in [0.4, 0.5) is 5.69 Å². The van der Waals surface area contributed by atoms with Crippen LogP contribution in [0.15, 0.2) is 36.4 Å². The quantitative estimate of drug-likeness (QED) is 0.501. The molecular formula is C21H26ClN3O2. The fraction of sp³-hybridized carbons (Fsp3) is 0.381. The van der Waals surface area contributed by atoms with Gasteiger partial charge in [-0.05, 0) is 62.6 Å². The number of hydrogen-bond acceptors (Lipinski definition) is 5. The monoisotopic (exact) mass is 387 g/mol. The van der Waals surface area contributed by atoms with Gasteiger partial charge in [0.15, 0.2) is 0 Å². The van der Waals surface area contributed by atoms with E-state index in [4.69, 9.17) is 32.2 Å². The van der Waals surface area contributed by atoms with Crippen molar-refractivity contribution in [1.29, 1.82) is 0 Å². The molecule has 0 aliphatic heterocycles. The minimum absolute atomic E-state index is 0.0177. The normalized spacial score (nSPS) is 13.7. The molecule has 0 radical (unpaired) electrons. The number of aliphatic hydroxyl groups is 1. The van der Waals surface area contributed by atoms with Crippen LogP contribution in [-0.4, -0.2) is 35.9 Å². The third-order valence-corrected chi connectivity index (χ3v) is 5.04. The molecule has 5 nitrogen and oxygen atoms in total. The molecule has 0 aliphatic carbocycles. The number of ether oxygens (including phenoxy) is 1. The summed E-state index contributed by atoms with van der Waals surface area (Å²) < 4.78 is 5.40. The molecule has 0 saturated heterocycles. The minimum atomic E-state index is 0.0177. The van der Waals surface area contributed by atoms with E-state index in [1.165, 1.54) is 0 Å². The van der Waals surface area contributed by atoms with E-state index in [9.17, 15) is 0 Å². The van der Waals surface area contributed by atoms with Gasteiger partial charge in [-0.25, -0.2) is 4.98 Å². The van der Waals surface area contributed by atoms with Crippen molar-refractivity contribution >= 4 is 39.1 Å². The van der Waals surface area contributed by atoms with Gasteiger partial charge in [-0.3, -0.25) is 0 Å². The van der Waals surface area contributed by atoms with E-state index >= 15 is 0 Å². The summed E-state index contributed by atoms with van der Waals surface area (Å²) >= 11 is 6.18. The number of methoxy groups -OCH3 is 1. The first-order chi connectivity index (χ1) is 13.0. The smallest absolute Gasteiger partial charge is 0.119 e. The van der Waals surface area contributed by atoms with Crippen molar-refractivity contribution in [1.82, 2.24) is 4.98 Å². The second kappa shape index (κ2) is 8.74. The van der Waals surface area contributed by atoms with Crippen molar-refractivity contribution < 1.29 is 9.84 Å².